The molecule has 193 valence electrons. The smallest absolute Gasteiger partial charge is 0.870 e. The third-order valence-electron chi connectivity index (χ3n) is 0. The van der Waals surface area contributed by atoms with Crippen molar-refractivity contribution in [1.29, 1.82) is 0 Å². The van der Waals surface area contributed by atoms with Gasteiger partial charge in [-0.2, -0.15) is 0 Å². The maximum atomic E-state index is 8.25. The molecule has 0 aromatic heterocycles. The quantitative estimate of drug-likeness (QED) is 0.181. The zero-order valence-corrected chi connectivity index (χ0v) is 18.3. The largest absolute Gasteiger partial charge is 2.00 e. The molecule has 0 fully saturated rings. The van der Waals surface area contributed by atoms with Gasteiger partial charge in [0.05, 0.1) is 10.2 Å². The van der Waals surface area contributed by atoms with Crippen molar-refractivity contribution in [2.75, 3.05) is 0 Å². The average molecular weight is 741 g/mol. The molecule has 0 aliphatic heterocycles. The van der Waals surface area contributed by atoms with Crippen LogP contribution in [0.25, 0.3) is 0 Å². The summed E-state index contributed by atoms with van der Waals surface area (Å²) in [6.07, 6.45) is 0. The Morgan fingerprint density at radius 3 is 0.296 bits per heavy atom. The fraction of sp³-hybridized carbons (Fsp3) is 0. The van der Waals surface area contributed by atoms with Crippen LogP contribution in [0.1, 0.15) is 0 Å². The third kappa shape index (κ3) is 8290. The molecule has 27 heteroatoms. The minimum atomic E-state index is -1.75. The van der Waals surface area contributed by atoms with Crippen molar-refractivity contribution in [3.05, 3.63) is 30.6 Å². The molecule has 0 aromatic carbocycles. The predicted molar refractivity (Wildman–Crippen MR) is 44.0 cm³/mol. The molecule has 0 heterocycles. The van der Waals surface area contributed by atoms with Crippen molar-refractivity contribution in [2.45, 2.75) is 0 Å². The van der Waals surface area contributed by atoms with Crippen LogP contribution in [0, 0.1) is 30.6 Å². The second-order valence-corrected chi connectivity index (χ2v) is 0.447. The van der Waals surface area contributed by atoms with Crippen molar-refractivity contribution in [1.82, 2.24) is 0 Å². The first-order chi connectivity index (χ1) is 3.46. The van der Waals surface area contributed by atoms with Gasteiger partial charge >= 0.3 is 117 Å². The van der Waals surface area contributed by atoms with E-state index >= 15 is 0 Å². The average Bonchev–Trinajstić information content (AvgIpc) is 1.25. The van der Waals surface area contributed by atoms with E-state index in [2.05, 4.69) is 0 Å². The summed E-state index contributed by atoms with van der Waals surface area (Å²) in [4.78, 5) is 16.5. The Bertz CT molecular complexity index is 89.7. The number of nitrogens with zero attached hydrogens (tertiary/aromatic N) is 2. The van der Waals surface area contributed by atoms with Crippen LogP contribution in [0.4, 0.5) is 0 Å². The molecule has 0 unspecified atom stereocenters. The van der Waals surface area contributed by atoms with Crippen molar-refractivity contribution in [2.24, 2.45) is 0 Å². The van der Waals surface area contributed by atoms with E-state index in [-0.39, 0.29) is 183 Å². The maximum Gasteiger partial charge on any atom is 2.00 e. The van der Waals surface area contributed by atoms with E-state index in [9.17, 15) is 0 Å². The van der Waals surface area contributed by atoms with Crippen molar-refractivity contribution < 1.29 is 193 Å². The molecule has 0 aromatic rings. The molecule has 0 aliphatic rings. The van der Waals surface area contributed by atoms with Crippen LogP contribution in [0.15, 0.2) is 0 Å². The Morgan fingerprint density at radius 2 is 0.296 bits per heavy atom. The van der Waals surface area contributed by atoms with Crippen LogP contribution >= 0.6 is 0 Å². The van der Waals surface area contributed by atoms with Gasteiger partial charge in [-0.05, 0) is 0 Å². The first-order valence-electron chi connectivity index (χ1n) is 1.10. The SMILES string of the molecule is O=[N+]([O-])[O-].O=[N+]([O-])[O-].[Co+2].[Co+2].[Co+2].[Co+2].[Co+2].[Co+2].[Co+2].[OH-].[OH-].[OH-].[OH-].[OH-].[OH-].[OH-].[OH-].[OH-].[OH-].[OH-].[OH-]. The standard InChI is InChI=1S/7Co.2NO3.12H2O/c;;;;;;;2*2-1(3)4;;;;;;;;;;;;/h;;;;;;;;;12*1H2/q7*+2;2*-1;;;;;;;;;;;;/p-12. The van der Waals surface area contributed by atoms with Gasteiger partial charge in [0.1, 0.15) is 0 Å². The molecule has 0 spiro atoms. The summed E-state index contributed by atoms with van der Waals surface area (Å²) in [5.74, 6) is 0. The fourth-order valence-corrected chi connectivity index (χ4v) is 0. The monoisotopic (exact) mass is 741 g/mol. The third-order valence-corrected chi connectivity index (χ3v) is 0. The fourth-order valence-electron chi connectivity index (χ4n) is 0. The number of hydrogen-bond donors (Lipinski definition) is 0. The summed E-state index contributed by atoms with van der Waals surface area (Å²) in [6.45, 7) is 0. The Balaban J connectivity index is -0.000000000824. The van der Waals surface area contributed by atoms with Crippen LogP contribution in [-0.4, -0.2) is 75.9 Å². The normalized spacial score (nSPS) is 1.78. The van der Waals surface area contributed by atoms with Gasteiger partial charge in [0, 0.05) is 0 Å². The van der Waals surface area contributed by atoms with Crippen LogP contribution in [0.5, 0.6) is 0 Å². The van der Waals surface area contributed by atoms with Gasteiger partial charge in [0.2, 0.25) is 0 Å². The van der Waals surface area contributed by atoms with Crippen molar-refractivity contribution >= 4 is 0 Å². The van der Waals surface area contributed by atoms with Crippen LogP contribution < -0.4 is 0 Å². The summed E-state index contributed by atoms with van der Waals surface area (Å²) in [5.41, 5.74) is 0. The van der Waals surface area contributed by atoms with Crippen molar-refractivity contribution in [3.8, 4) is 0 Å². The summed E-state index contributed by atoms with van der Waals surface area (Å²) in [7, 11) is 0. The van der Waals surface area contributed by atoms with E-state index in [0.29, 0.717) is 0 Å². The van der Waals surface area contributed by atoms with E-state index in [1.807, 2.05) is 0 Å². The Labute approximate surface area is 222 Å². The summed E-state index contributed by atoms with van der Waals surface area (Å²) < 4.78 is 0. The molecular formula is H12Co7N2O18. The maximum absolute atomic E-state index is 8.25. The second kappa shape index (κ2) is 345. The number of rotatable bonds is 0. The van der Waals surface area contributed by atoms with Gasteiger partial charge in [-0.25, -0.2) is 0 Å². The first-order valence-corrected chi connectivity index (χ1v) is 1.10. The topological polar surface area (TPSA) is 492 Å². The van der Waals surface area contributed by atoms with Crippen LogP contribution in [-0.2, 0) is 117 Å². The van der Waals surface area contributed by atoms with E-state index in [4.69, 9.17) is 30.6 Å². The van der Waals surface area contributed by atoms with E-state index in [0.717, 1.165) is 0 Å². The molecule has 7 radical (unpaired) electrons. The minimum absolute atomic E-state index is 0. The second-order valence-electron chi connectivity index (χ2n) is 0.447. The Kier molecular flexibility index (Phi) is 4930. The molecular weight excluding hydrogens is 729 g/mol. The van der Waals surface area contributed by atoms with Gasteiger partial charge in [0.15, 0.2) is 0 Å². The zero-order chi connectivity index (χ0) is 7.15. The van der Waals surface area contributed by atoms with Gasteiger partial charge in [-0.1, -0.05) is 0 Å². The summed E-state index contributed by atoms with van der Waals surface area (Å²) in [6, 6.07) is 0. The van der Waals surface area contributed by atoms with E-state index in [1.54, 1.807) is 0 Å². The summed E-state index contributed by atoms with van der Waals surface area (Å²) in [5, 5.41) is 29.5. The molecule has 0 saturated heterocycles. The van der Waals surface area contributed by atoms with Crippen molar-refractivity contribution in [3.63, 3.8) is 0 Å². The molecule has 0 amide bonds. The molecule has 12 N–H and O–H groups in total. The van der Waals surface area contributed by atoms with E-state index < -0.39 is 10.2 Å². The Hall–Kier alpha value is 1.47. The molecule has 0 aliphatic carbocycles. The molecule has 0 atom stereocenters. The summed E-state index contributed by atoms with van der Waals surface area (Å²) >= 11 is 0. The van der Waals surface area contributed by atoms with Gasteiger partial charge < -0.3 is 96.4 Å². The molecule has 0 rings (SSSR count). The molecule has 20 nitrogen and oxygen atoms in total. The van der Waals surface area contributed by atoms with E-state index in [1.165, 1.54) is 0 Å². The Morgan fingerprint density at radius 1 is 0.296 bits per heavy atom. The number of hydrogen-bond acceptors (Lipinski definition) is 18. The van der Waals surface area contributed by atoms with Crippen LogP contribution in [0.3, 0.4) is 0 Å². The zero-order valence-electron chi connectivity index (χ0n) is 11.0. The van der Waals surface area contributed by atoms with Gasteiger partial charge in [0.25, 0.3) is 0 Å². The minimum Gasteiger partial charge on any atom is -0.870 e. The van der Waals surface area contributed by atoms with Crippen LogP contribution in [0.2, 0.25) is 0 Å². The molecule has 0 saturated carbocycles. The molecule has 27 heavy (non-hydrogen) atoms. The van der Waals surface area contributed by atoms with Gasteiger partial charge in [-0.3, -0.25) is 0 Å². The predicted octanol–water partition coefficient (Wildman–Crippen LogP) is -2.62. The molecule has 0 bridgehead atoms. The first kappa shape index (κ1) is 385. The van der Waals surface area contributed by atoms with Gasteiger partial charge in [-0.15, -0.1) is 0 Å².